The summed E-state index contributed by atoms with van der Waals surface area (Å²) in [6.07, 6.45) is 11.6. The predicted octanol–water partition coefficient (Wildman–Crippen LogP) is 5.46. The molecule has 0 saturated heterocycles. The maximum absolute atomic E-state index is 13.8. The minimum atomic E-state index is -0.207. The second-order valence-corrected chi connectivity index (χ2v) is 8.67. The summed E-state index contributed by atoms with van der Waals surface area (Å²) in [5.74, 6) is 0.466. The van der Waals surface area contributed by atoms with E-state index in [-0.39, 0.29) is 17.6 Å². The van der Waals surface area contributed by atoms with Crippen molar-refractivity contribution in [2.45, 2.75) is 44.4 Å². The molecule has 4 nitrogen and oxygen atoms in total. The Labute approximate surface area is 169 Å². The molecule has 0 unspecified atom stereocenters. The van der Waals surface area contributed by atoms with E-state index in [1.54, 1.807) is 24.5 Å². The molecule has 5 rings (SSSR count). The van der Waals surface area contributed by atoms with Crippen LogP contribution >= 0.6 is 0 Å². The Morgan fingerprint density at radius 2 is 1.79 bits per heavy atom. The molecule has 2 aliphatic rings. The lowest BCUT2D eigenvalue weighted by Crippen LogP contribution is -2.45. The van der Waals surface area contributed by atoms with E-state index in [4.69, 9.17) is 0 Å². The molecular formula is C24H24FN3O. The first-order valence-electron chi connectivity index (χ1n) is 10.4. The molecule has 0 bridgehead atoms. The van der Waals surface area contributed by atoms with Crippen molar-refractivity contribution in [3.63, 3.8) is 0 Å². The zero-order valence-electron chi connectivity index (χ0n) is 16.3. The minimum absolute atomic E-state index is 0.107. The molecule has 2 saturated carbocycles. The first kappa shape index (κ1) is 18.2. The number of pyridine rings is 2. The quantitative estimate of drug-likeness (QED) is 0.647. The van der Waals surface area contributed by atoms with Gasteiger partial charge in [-0.05, 0) is 91.8 Å². The number of aromatic nitrogens is 2. The number of nitrogens with one attached hydrogen (secondary N) is 1. The Kier molecular flexibility index (Phi) is 4.53. The standard InChI is InChI=1S/C24H24FN3O/c25-18-1-2-22-21(13-18)20(7-12-27-22)16-3-8-24(9-4-16)14-17(15-24)23(29)28-19-5-10-26-11-6-19/h1-2,5-7,10-13,16-17H,3-4,8-9,14-15H2,(H,26,28,29). The highest BCUT2D eigenvalue weighted by Gasteiger charge is 2.48. The van der Waals surface area contributed by atoms with Crippen LogP contribution in [0.15, 0.2) is 55.0 Å². The van der Waals surface area contributed by atoms with E-state index in [0.29, 0.717) is 11.3 Å². The molecule has 1 spiro atoms. The zero-order valence-corrected chi connectivity index (χ0v) is 16.3. The van der Waals surface area contributed by atoms with Gasteiger partial charge < -0.3 is 5.32 Å². The lowest BCUT2D eigenvalue weighted by molar-refractivity contribution is -0.128. The Hall–Kier alpha value is -2.82. The highest BCUT2D eigenvalue weighted by molar-refractivity contribution is 5.93. The topological polar surface area (TPSA) is 54.9 Å². The Bertz CT molecular complexity index is 1040. The van der Waals surface area contributed by atoms with Crippen LogP contribution in [-0.4, -0.2) is 15.9 Å². The summed E-state index contributed by atoms with van der Waals surface area (Å²) in [5, 5.41) is 3.95. The molecule has 29 heavy (non-hydrogen) atoms. The van der Waals surface area contributed by atoms with Crippen molar-refractivity contribution in [3.05, 3.63) is 66.4 Å². The summed E-state index contributed by atoms with van der Waals surface area (Å²) >= 11 is 0. The average molecular weight is 389 g/mol. The fourth-order valence-electron chi connectivity index (χ4n) is 5.30. The van der Waals surface area contributed by atoms with Crippen LogP contribution in [0.1, 0.15) is 50.0 Å². The normalized spacial score (nSPS) is 26.2. The van der Waals surface area contributed by atoms with Crippen molar-refractivity contribution in [1.82, 2.24) is 9.97 Å². The fraction of sp³-hybridized carbons (Fsp3) is 0.375. The molecule has 2 fully saturated rings. The Balaban J connectivity index is 1.22. The van der Waals surface area contributed by atoms with Crippen LogP contribution in [0, 0.1) is 17.2 Å². The molecule has 2 aliphatic carbocycles. The van der Waals surface area contributed by atoms with Gasteiger partial charge in [0.15, 0.2) is 0 Å². The molecule has 2 heterocycles. The van der Waals surface area contributed by atoms with Crippen LogP contribution in [-0.2, 0) is 4.79 Å². The van der Waals surface area contributed by atoms with E-state index in [9.17, 15) is 9.18 Å². The molecule has 1 amide bonds. The monoisotopic (exact) mass is 389 g/mol. The van der Waals surface area contributed by atoms with Gasteiger partial charge in [0.05, 0.1) is 5.52 Å². The van der Waals surface area contributed by atoms with Gasteiger partial charge in [-0.1, -0.05) is 0 Å². The predicted molar refractivity (Wildman–Crippen MR) is 111 cm³/mol. The van der Waals surface area contributed by atoms with Crippen LogP contribution in [0.5, 0.6) is 0 Å². The van der Waals surface area contributed by atoms with E-state index in [1.165, 1.54) is 11.6 Å². The van der Waals surface area contributed by atoms with Crippen LogP contribution < -0.4 is 5.32 Å². The number of hydrogen-bond acceptors (Lipinski definition) is 3. The molecule has 0 radical (unpaired) electrons. The zero-order chi connectivity index (χ0) is 19.8. The third-order valence-corrected chi connectivity index (χ3v) is 6.90. The molecular weight excluding hydrogens is 365 g/mol. The number of carbonyl (C=O) groups excluding carboxylic acids is 1. The van der Waals surface area contributed by atoms with Gasteiger partial charge in [-0.3, -0.25) is 14.8 Å². The van der Waals surface area contributed by atoms with Gasteiger partial charge in [-0.2, -0.15) is 0 Å². The third-order valence-electron chi connectivity index (χ3n) is 6.90. The molecule has 5 heteroatoms. The average Bonchev–Trinajstić information content (AvgIpc) is 2.72. The van der Waals surface area contributed by atoms with Gasteiger partial charge in [-0.25, -0.2) is 4.39 Å². The van der Waals surface area contributed by atoms with Crippen LogP contribution in [0.2, 0.25) is 0 Å². The number of halogens is 1. The number of amides is 1. The molecule has 148 valence electrons. The number of nitrogens with zero attached hydrogens (tertiary/aromatic N) is 2. The number of benzene rings is 1. The number of anilines is 1. The van der Waals surface area contributed by atoms with Crippen molar-refractivity contribution in [2.75, 3.05) is 5.32 Å². The van der Waals surface area contributed by atoms with Crippen molar-refractivity contribution < 1.29 is 9.18 Å². The van der Waals surface area contributed by atoms with Crippen molar-refractivity contribution >= 4 is 22.5 Å². The molecule has 3 aromatic rings. The van der Waals surface area contributed by atoms with Gasteiger partial charge in [0, 0.05) is 35.6 Å². The second-order valence-electron chi connectivity index (χ2n) is 8.67. The van der Waals surface area contributed by atoms with Gasteiger partial charge in [-0.15, -0.1) is 0 Å². The van der Waals surface area contributed by atoms with E-state index < -0.39 is 0 Å². The summed E-state index contributed by atoms with van der Waals surface area (Å²) in [6.45, 7) is 0. The number of fused-ring (bicyclic) bond motifs is 1. The van der Waals surface area contributed by atoms with Crippen LogP contribution in [0.25, 0.3) is 10.9 Å². The van der Waals surface area contributed by atoms with Crippen molar-refractivity contribution in [1.29, 1.82) is 0 Å². The minimum Gasteiger partial charge on any atom is -0.326 e. The van der Waals surface area contributed by atoms with E-state index in [2.05, 4.69) is 21.4 Å². The summed E-state index contributed by atoms with van der Waals surface area (Å²) in [7, 11) is 0. The summed E-state index contributed by atoms with van der Waals surface area (Å²) in [4.78, 5) is 20.9. The molecule has 1 N–H and O–H groups in total. The van der Waals surface area contributed by atoms with E-state index in [0.717, 1.165) is 55.1 Å². The first-order chi connectivity index (χ1) is 14.1. The Morgan fingerprint density at radius 3 is 2.55 bits per heavy atom. The maximum atomic E-state index is 13.8. The highest BCUT2D eigenvalue weighted by Crippen LogP contribution is 2.57. The van der Waals surface area contributed by atoms with Gasteiger partial charge in [0.25, 0.3) is 0 Å². The number of carbonyl (C=O) groups is 1. The third kappa shape index (κ3) is 3.50. The first-order valence-corrected chi connectivity index (χ1v) is 10.4. The number of rotatable bonds is 3. The van der Waals surface area contributed by atoms with Crippen molar-refractivity contribution in [2.24, 2.45) is 11.3 Å². The molecule has 2 aromatic heterocycles. The molecule has 1 aromatic carbocycles. The van der Waals surface area contributed by atoms with Crippen LogP contribution in [0.3, 0.4) is 0 Å². The van der Waals surface area contributed by atoms with Crippen molar-refractivity contribution in [3.8, 4) is 0 Å². The van der Waals surface area contributed by atoms with E-state index in [1.807, 2.05) is 18.3 Å². The smallest absolute Gasteiger partial charge is 0.227 e. The molecule has 0 aliphatic heterocycles. The SMILES string of the molecule is O=C(Nc1ccncc1)C1CC2(CCC(c3ccnc4ccc(F)cc34)CC2)C1. The van der Waals surface area contributed by atoms with Gasteiger partial charge in [0.1, 0.15) is 5.82 Å². The lowest BCUT2D eigenvalue weighted by atomic mass is 9.54. The summed E-state index contributed by atoms with van der Waals surface area (Å²) < 4.78 is 13.8. The summed E-state index contributed by atoms with van der Waals surface area (Å²) in [6, 6.07) is 10.5. The largest absolute Gasteiger partial charge is 0.326 e. The maximum Gasteiger partial charge on any atom is 0.227 e. The fourth-order valence-corrected chi connectivity index (χ4v) is 5.30. The lowest BCUT2D eigenvalue weighted by Gasteiger charge is -2.51. The highest BCUT2D eigenvalue weighted by atomic mass is 19.1. The van der Waals surface area contributed by atoms with E-state index >= 15 is 0 Å². The number of hydrogen-bond donors (Lipinski definition) is 1. The molecule has 0 atom stereocenters. The van der Waals surface area contributed by atoms with Gasteiger partial charge in [0.2, 0.25) is 5.91 Å². The van der Waals surface area contributed by atoms with Gasteiger partial charge >= 0.3 is 0 Å². The van der Waals surface area contributed by atoms with Crippen LogP contribution in [0.4, 0.5) is 10.1 Å². The summed E-state index contributed by atoms with van der Waals surface area (Å²) in [5.41, 5.74) is 3.20. The second kappa shape index (κ2) is 7.21. The Morgan fingerprint density at radius 1 is 1.03 bits per heavy atom.